The Morgan fingerprint density at radius 2 is 1.66 bits per heavy atom. The Morgan fingerprint density at radius 3 is 2.34 bits per heavy atom. The Kier molecular flexibility index (Phi) is 7.08. The van der Waals surface area contributed by atoms with Crippen molar-refractivity contribution in [1.29, 1.82) is 0 Å². The van der Waals surface area contributed by atoms with Crippen molar-refractivity contribution in [1.82, 2.24) is 15.1 Å². The predicted octanol–water partition coefficient (Wildman–Crippen LogP) is 3.15. The van der Waals surface area contributed by atoms with Crippen molar-refractivity contribution in [2.24, 2.45) is 0 Å². The fourth-order valence-corrected chi connectivity index (χ4v) is 3.25. The number of benzene rings is 2. The number of carbonyl (C=O) groups excluding carboxylic acids is 2. The number of hydrogen-bond acceptors (Lipinski definition) is 4. The molecule has 0 aliphatic carbocycles. The van der Waals surface area contributed by atoms with Crippen LogP contribution in [0, 0.1) is 0 Å². The maximum atomic E-state index is 12.8. The van der Waals surface area contributed by atoms with Crippen LogP contribution in [0.5, 0.6) is 11.5 Å². The summed E-state index contributed by atoms with van der Waals surface area (Å²) in [6.45, 7) is 6.94. The molecule has 1 fully saturated rings. The van der Waals surface area contributed by atoms with E-state index < -0.39 is 0 Å². The van der Waals surface area contributed by atoms with E-state index >= 15 is 0 Å². The van der Waals surface area contributed by atoms with Gasteiger partial charge in [0.15, 0.2) is 5.75 Å². The molecule has 0 saturated carbocycles. The van der Waals surface area contributed by atoms with Gasteiger partial charge in [0.25, 0.3) is 0 Å². The molecule has 3 amide bonds. The second-order valence-electron chi connectivity index (χ2n) is 6.93. The van der Waals surface area contributed by atoms with Gasteiger partial charge in [-0.25, -0.2) is 4.79 Å². The molecule has 1 aliphatic heterocycles. The summed E-state index contributed by atoms with van der Waals surface area (Å²) in [4.78, 5) is 28.6. The quantitative estimate of drug-likeness (QED) is 0.787. The van der Waals surface area contributed by atoms with E-state index in [1.165, 1.54) is 0 Å². The Balaban J connectivity index is 1.59. The minimum Gasteiger partial charge on any atom is -0.455 e. The van der Waals surface area contributed by atoms with E-state index in [4.69, 9.17) is 4.74 Å². The van der Waals surface area contributed by atoms with Gasteiger partial charge in [0.2, 0.25) is 5.91 Å². The Morgan fingerprint density at radius 1 is 1.00 bits per heavy atom. The first kappa shape index (κ1) is 20.7. The van der Waals surface area contributed by atoms with Crippen molar-refractivity contribution >= 4 is 17.6 Å². The molecule has 0 spiro atoms. The van der Waals surface area contributed by atoms with Crippen molar-refractivity contribution in [3.05, 3.63) is 54.6 Å². The highest BCUT2D eigenvalue weighted by Crippen LogP contribution is 2.29. The average Bonchev–Trinajstić information content (AvgIpc) is 2.75. The van der Waals surface area contributed by atoms with Crippen LogP contribution in [0.1, 0.15) is 13.8 Å². The van der Waals surface area contributed by atoms with Crippen molar-refractivity contribution in [3.8, 4) is 11.5 Å². The monoisotopic (exact) mass is 396 g/mol. The minimum absolute atomic E-state index is 0.0451. The molecule has 154 valence electrons. The van der Waals surface area contributed by atoms with Crippen LogP contribution in [0.3, 0.4) is 0 Å². The zero-order valence-corrected chi connectivity index (χ0v) is 16.9. The van der Waals surface area contributed by atoms with Gasteiger partial charge in [-0.1, -0.05) is 30.3 Å². The highest BCUT2D eigenvalue weighted by molar-refractivity contribution is 5.95. The highest BCUT2D eigenvalue weighted by Gasteiger charge is 2.27. The largest absolute Gasteiger partial charge is 0.455 e. The standard InChI is InChI=1S/C22H28N4O3/c1-3-23-22(28)26-15-13-25(14-16-26)17(2)21(27)24-19-11-7-8-12-20(19)29-18-9-5-4-6-10-18/h4-12,17H,3,13-16H2,1-2H3,(H,23,28)(H,24,27). The summed E-state index contributed by atoms with van der Waals surface area (Å²) in [7, 11) is 0. The van der Waals surface area contributed by atoms with Gasteiger partial charge in [0, 0.05) is 32.7 Å². The molecule has 2 aromatic rings. The normalized spacial score (nSPS) is 15.4. The van der Waals surface area contributed by atoms with E-state index in [0.717, 1.165) is 0 Å². The number of nitrogens with zero attached hydrogens (tertiary/aromatic N) is 2. The van der Waals surface area contributed by atoms with Crippen LogP contribution >= 0.6 is 0 Å². The number of ether oxygens (including phenoxy) is 1. The van der Waals surface area contributed by atoms with E-state index in [1.54, 1.807) is 4.90 Å². The highest BCUT2D eigenvalue weighted by atomic mass is 16.5. The van der Waals surface area contributed by atoms with E-state index in [1.807, 2.05) is 68.4 Å². The van der Waals surface area contributed by atoms with Crippen LogP contribution in [0.4, 0.5) is 10.5 Å². The smallest absolute Gasteiger partial charge is 0.317 e. The third-order valence-electron chi connectivity index (χ3n) is 4.97. The Hall–Kier alpha value is -3.06. The van der Waals surface area contributed by atoms with Gasteiger partial charge in [0.05, 0.1) is 11.7 Å². The molecule has 2 N–H and O–H groups in total. The molecule has 0 aromatic heterocycles. The van der Waals surface area contributed by atoms with Gasteiger partial charge >= 0.3 is 6.03 Å². The fourth-order valence-electron chi connectivity index (χ4n) is 3.25. The first-order chi connectivity index (χ1) is 14.1. The number of anilines is 1. The van der Waals surface area contributed by atoms with E-state index in [2.05, 4.69) is 15.5 Å². The Bertz CT molecular complexity index is 820. The number of carbonyl (C=O) groups is 2. The number of urea groups is 1. The van der Waals surface area contributed by atoms with Crippen LogP contribution in [-0.2, 0) is 4.79 Å². The molecule has 1 atom stereocenters. The first-order valence-corrected chi connectivity index (χ1v) is 9.98. The molecule has 1 unspecified atom stereocenters. The minimum atomic E-state index is -0.309. The van der Waals surface area contributed by atoms with Gasteiger partial charge < -0.3 is 20.3 Å². The number of hydrogen-bond donors (Lipinski definition) is 2. The van der Waals surface area contributed by atoms with Gasteiger partial charge in [-0.15, -0.1) is 0 Å². The predicted molar refractivity (Wildman–Crippen MR) is 113 cm³/mol. The molecule has 1 aliphatic rings. The summed E-state index contributed by atoms with van der Waals surface area (Å²) >= 11 is 0. The third kappa shape index (κ3) is 5.48. The average molecular weight is 396 g/mol. The van der Waals surface area contributed by atoms with Crippen LogP contribution in [0.2, 0.25) is 0 Å². The molecule has 2 aromatic carbocycles. The molecule has 3 rings (SSSR count). The van der Waals surface area contributed by atoms with E-state index in [0.29, 0.717) is 49.9 Å². The first-order valence-electron chi connectivity index (χ1n) is 9.98. The van der Waals surface area contributed by atoms with Gasteiger partial charge in [0.1, 0.15) is 5.75 Å². The lowest BCUT2D eigenvalue weighted by Gasteiger charge is -2.37. The van der Waals surface area contributed by atoms with Gasteiger partial charge in [-0.3, -0.25) is 9.69 Å². The summed E-state index contributed by atoms with van der Waals surface area (Å²) in [5.74, 6) is 1.21. The van der Waals surface area contributed by atoms with Crippen molar-refractivity contribution in [2.75, 3.05) is 38.0 Å². The lowest BCUT2D eigenvalue weighted by molar-refractivity contribution is -0.121. The maximum absolute atomic E-state index is 12.8. The molecule has 29 heavy (non-hydrogen) atoms. The van der Waals surface area contributed by atoms with Crippen LogP contribution < -0.4 is 15.4 Å². The molecule has 7 nitrogen and oxygen atoms in total. The van der Waals surface area contributed by atoms with Crippen LogP contribution in [0.15, 0.2) is 54.6 Å². The molecule has 7 heteroatoms. The summed E-state index contributed by atoms with van der Waals surface area (Å²) in [5.41, 5.74) is 0.633. The van der Waals surface area contributed by atoms with Crippen LogP contribution in [0.25, 0.3) is 0 Å². The zero-order chi connectivity index (χ0) is 20.6. The maximum Gasteiger partial charge on any atom is 0.317 e. The van der Waals surface area contributed by atoms with Crippen molar-refractivity contribution < 1.29 is 14.3 Å². The number of rotatable bonds is 6. The summed E-state index contributed by atoms with van der Waals surface area (Å²) < 4.78 is 5.92. The van der Waals surface area contributed by atoms with Crippen LogP contribution in [-0.4, -0.2) is 60.5 Å². The lowest BCUT2D eigenvalue weighted by Crippen LogP contribution is -2.55. The van der Waals surface area contributed by atoms with Gasteiger partial charge in [-0.05, 0) is 38.1 Å². The summed E-state index contributed by atoms with van der Waals surface area (Å²) in [6, 6.07) is 16.5. The molecule has 0 bridgehead atoms. The van der Waals surface area contributed by atoms with E-state index in [9.17, 15) is 9.59 Å². The second-order valence-corrected chi connectivity index (χ2v) is 6.93. The SMILES string of the molecule is CCNC(=O)N1CCN(C(C)C(=O)Nc2ccccc2Oc2ccccc2)CC1. The number of amides is 3. The second kappa shape index (κ2) is 9.93. The molecular formula is C22H28N4O3. The molecule has 1 saturated heterocycles. The van der Waals surface area contributed by atoms with E-state index in [-0.39, 0.29) is 18.0 Å². The lowest BCUT2D eigenvalue weighted by atomic mass is 10.2. The fraction of sp³-hybridized carbons (Fsp3) is 0.364. The summed E-state index contributed by atoms with van der Waals surface area (Å²) in [6.07, 6.45) is 0. The van der Waals surface area contributed by atoms with Crippen molar-refractivity contribution in [2.45, 2.75) is 19.9 Å². The Labute approximate surface area is 171 Å². The molecular weight excluding hydrogens is 368 g/mol. The number of para-hydroxylation sites is 3. The molecule has 1 heterocycles. The molecule has 0 radical (unpaired) electrons. The number of piperazine rings is 1. The van der Waals surface area contributed by atoms with Gasteiger partial charge in [-0.2, -0.15) is 0 Å². The zero-order valence-electron chi connectivity index (χ0n) is 16.9. The van der Waals surface area contributed by atoms with Crippen molar-refractivity contribution in [3.63, 3.8) is 0 Å². The topological polar surface area (TPSA) is 73.9 Å². The number of nitrogens with one attached hydrogen (secondary N) is 2. The summed E-state index contributed by atoms with van der Waals surface area (Å²) in [5, 5.41) is 5.80. The third-order valence-corrected chi connectivity index (χ3v) is 4.97.